The molecular formula is C30H50Cl2FN9O7. The van der Waals surface area contributed by atoms with Gasteiger partial charge in [0.2, 0.25) is 0 Å². The molecule has 19 heteroatoms. The van der Waals surface area contributed by atoms with Crippen LogP contribution in [0.15, 0.2) is 72.8 Å². The van der Waals surface area contributed by atoms with E-state index in [2.05, 4.69) is 26.6 Å². The molecule has 0 aromatic heterocycles. The van der Waals surface area contributed by atoms with Crippen molar-refractivity contribution in [2.75, 3.05) is 95.1 Å². The van der Waals surface area contributed by atoms with Gasteiger partial charge in [-0.25, -0.2) is 4.39 Å². The minimum atomic E-state index is -0.570. The van der Waals surface area contributed by atoms with Crippen LogP contribution in [0.4, 0.5) is 32.8 Å². The van der Waals surface area contributed by atoms with Crippen molar-refractivity contribution in [1.29, 1.82) is 0 Å². The molecule has 16 nitrogen and oxygen atoms in total. The minimum Gasteiger partial charge on any atom is -0.399 e. The fraction of sp³-hybridized carbons (Fsp3) is 0.400. The topological polar surface area (TPSA) is 259 Å². The van der Waals surface area contributed by atoms with Gasteiger partial charge in [-0.15, -0.1) is 24.8 Å². The third kappa shape index (κ3) is 28.8. The van der Waals surface area contributed by atoms with E-state index in [4.69, 9.17) is 26.8 Å². The van der Waals surface area contributed by atoms with Gasteiger partial charge in [-0.2, -0.15) is 0 Å². The van der Waals surface area contributed by atoms with Crippen LogP contribution in [0, 0.1) is 26.0 Å². The molecule has 278 valence electrons. The maximum atomic E-state index is 12.1. The summed E-state index contributed by atoms with van der Waals surface area (Å²) >= 11 is 0. The Bertz CT molecular complexity index is 1200. The summed E-state index contributed by atoms with van der Waals surface area (Å²) in [6.45, 7) is 6.91. The van der Waals surface area contributed by atoms with Gasteiger partial charge in [0.15, 0.2) is 0 Å². The number of hydrogen-bond donors (Lipinski definition) is 10. The Hall–Kier alpha value is -3.91. The molecule has 12 N–H and O–H groups in total. The zero-order valence-corrected chi connectivity index (χ0v) is 28.8. The number of rotatable bonds is 18. The average molecular weight is 739 g/mol. The van der Waals surface area contributed by atoms with Gasteiger partial charge in [-0.05, 0) is 48.5 Å². The molecule has 0 saturated carbocycles. The highest BCUT2D eigenvalue weighted by Gasteiger charge is 2.03. The fourth-order valence-electron chi connectivity index (χ4n) is 3.17. The first kappa shape index (κ1) is 49.5. The number of nitrogens with two attached hydrogens (primary N) is 2. The molecule has 0 unspecified atom stereocenters. The largest absolute Gasteiger partial charge is 0.399 e. The lowest BCUT2D eigenvalue weighted by atomic mass is 10.3. The number of non-ortho nitro benzene ring substituents is 2. The standard InChI is InChI=1S/C10H15N3O3.C10H17N3O.C6H4FNO2.C4H12N2O.2ClH/c14-8-7-11-5-6-12-9-1-3-10(4-2-9)13(15)16;11-9-1-3-10(4-2-9)13-6-5-12-7-8-14;7-5-1-3-6(4-2-5)8(9)10;5-1-2-6-3-4-7;;/h1-4,11-12,14H,5-8H2;1-4,12-14H,5-8,11H2;1-4H;6-7H,1-5H2;2*1H. The van der Waals surface area contributed by atoms with Crippen LogP contribution in [-0.2, 0) is 0 Å². The Labute approximate surface area is 298 Å². The number of nitrogen functional groups attached to an aromatic ring is 1. The van der Waals surface area contributed by atoms with Gasteiger partial charge in [0, 0.05) is 100 Å². The Kier molecular flexibility index (Phi) is 34.3. The Morgan fingerprint density at radius 1 is 0.571 bits per heavy atom. The third-order valence-corrected chi connectivity index (χ3v) is 5.47. The molecule has 0 spiro atoms. The molecule has 0 heterocycles. The van der Waals surface area contributed by atoms with E-state index < -0.39 is 15.7 Å². The second kappa shape index (κ2) is 34.0. The van der Waals surface area contributed by atoms with E-state index in [9.17, 15) is 24.6 Å². The van der Waals surface area contributed by atoms with E-state index in [0.29, 0.717) is 32.7 Å². The molecule has 3 aromatic carbocycles. The fourth-order valence-corrected chi connectivity index (χ4v) is 3.17. The van der Waals surface area contributed by atoms with Crippen LogP contribution >= 0.6 is 24.8 Å². The third-order valence-electron chi connectivity index (χ3n) is 5.47. The van der Waals surface area contributed by atoms with Crippen molar-refractivity contribution >= 4 is 53.3 Å². The number of aliphatic hydroxyl groups excluding tert-OH is 3. The summed E-state index contributed by atoms with van der Waals surface area (Å²) in [7, 11) is 0. The van der Waals surface area contributed by atoms with Crippen molar-refractivity contribution in [3.63, 3.8) is 0 Å². The van der Waals surface area contributed by atoms with Crippen molar-refractivity contribution in [3.05, 3.63) is 98.8 Å². The molecule has 49 heavy (non-hydrogen) atoms. The number of aliphatic hydroxyl groups is 3. The van der Waals surface area contributed by atoms with E-state index in [-0.39, 0.29) is 56.0 Å². The average Bonchev–Trinajstić information content (AvgIpc) is 3.07. The summed E-state index contributed by atoms with van der Waals surface area (Å²) in [5, 5.41) is 61.0. The highest BCUT2D eigenvalue weighted by Crippen LogP contribution is 2.15. The number of halogens is 3. The van der Waals surface area contributed by atoms with E-state index in [1.54, 1.807) is 12.1 Å². The number of benzene rings is 3. The predicted octanol–water partition coefficient (Wildman–Crippen LogP) is 1.96. The highest BCUT2D eigenvalue weighted by atomic mass is 35.5. The quantitative estimate of drug-likeness (QED) is 0.0388. The van der Waals surface area contributed by atoms with Crippen molar-refractivity contribution in [2.45, 2.75) is 0 Å². The van der Waals surface area contributed by atoms with Gasteiger partial charge in [0.1, 0.15) is 5.82 Å². The van der Waals surface area contributed by atoms with E-state index >= 15 is 0 Å². The molecule has 0 amide bonds. The van der Waals surface area contributed by atoms with Crippen LogP contribution in [0.25, 0.3) is 0 Å². The summed E-state index contributed by atoms with van der Waals surface area (Å²) in [5.74, 6) is -0.467. The second-order valence-corrected chi connectivity index (χ2v) is 9.22. The van der Waals surface area contributed by atoms with Crippen molar-refractivity contribution < 1.29 is 29.6 Å². The first-order valence-electron chi connectivity index (χ1n) is 14.8. The summed E-state index contributed by atoms with van der Waals surface area (Å²) in [6.07, 6.45) is 0. The maximum absolute atomic E-state index is 12.1. The zero-order valence-electron chi connectivity index (χ0n) is 27.1. The molecule has 0 saturated heterocycles. The summed E-state index contributed by atoms with van der Waals surface area (Å²) in [4.78, 5) is 19.4. The molecule has 0 fully saturated rings. The summed E-state index contributed by atoms with van der Waals surface area (Å²) in [5.41, 5.74) is 13.3. The van der Waals surface area contributed by atoms with Gasteiger partial charge in [0.25, 0.3) is 11.4 Å². The minimum absolute atomic E-state index is 0. The molecule has 3 rings (SSSR count). The van der Waals surface area contributed by atoms with Crippen molar-refractivity contribution in [2.24, 2.45) is 5.73 Å². The van der Waals surface area contributed by atoms with Crippen LogP contribution < -0.4 is 38.1 Å². The highest BCUT2D eigenvalue weighted by molar-refractivity contribution is 5.85. The smallest absolute Gasteiger partial charge is 0.269 e. The van der Waals surface area contributed by atoms with Gasteiger partial charge >= 0.3 is 0 Å². The van der Waals surface area contributed by atoms with Gasteiger partial charge < -0.3 is 53.4 Å². The number of nitrogens with zero attached hydrogens (tertiary/aromatic N) is 2. The number of hydrogen-bond acceptors (Lipinski definition) is 14. The molecule has 0 aliphatic carbocycles. The number of nitrogens with one attached hydrogen (secondary N) is 5. The van der Waals surface area contributed by atoms with E-state index in [1.165, 1.54) is 12.1 Å². The molecule has 0 aliphatic rings. The van der Waals surface area contributed by atoms with Gasteiger partial charge in [0.05, 0.1) is 29.7 Å². The number of anilines is 3. The second-order valence-electron chi connectivity index (χ2n) is 9.22. The first-order chi connectivity index (χ1) is 22.7. The molecule has 0 bridgehead atoms. The van der Waals surface area contributed by atoms with Gasteiger partial charge in [-0.3, -0.25) is 20.2 Å². The molecular weight excluding hydrogens is 688 g/mol. The Morgan fingerprint density at radius 2 is 0.918 bits per heavy atom. The summed E-state index contributed by atoms with van der Waals surface area (Å²) in [6, 6.07) is 18.2. The first-order valence-corrected chi connectivity index (χ1v) is 14.8. The van der Waals surface area contributed by atoms with E-state index in [1.807, 2.05) is 24.3 Å². The van der Waals surface area contributed by atoms with Crippen LogP contribution in [0.5, 0.6) is 0 Å². The maximum Gasteiger partial charge on any atom is 0.269 e. The number of nitro groups is 2. The Morgan fingerprint density at radius 3 is 1.27 bits per heavy atom. The van der Waals surface area contributed by atoms with Crippen LogP contribution in [0.1, 0.15) is 0 Å². The van der Waals surface area contributed by atoms with Crippen LogP contribution in [0.3, 0.4) is 0 Å². The zero-order chi connectivity index (χ0) is 35.1. The SMILES string of the molecule is Cl.Cl.NCCNCCO.Nc1ccc(NCCNCCO)cc1.O=[N+]([O-])c1ccc(F)cc1.O=[N+]([O-])c1ccc(NCCNCCO)cc1. The molecule has 0 aliphatic heterocycles. The van der Waals surface area contributed by atoms with E-state index in [0.717, 1.165) is 67.5 Å². The molecule has 3 aromatic rings. The van der Waals surface area contributed by atoms with Crippen molar-refractivity contribution in [3.8, 4) is 0 Å². The lowest BCUT2D eigenvalue weighted by molar-refractivity contribution is -0.385. The lowest BCUT2D eigenvalue weighted by Gasteiger charge is -2.06. The number of nitro benzene ring substituents is 2. The molecule has 0 radical (unpaired) electrons. The Balaban J connectivity index is -0.000000591. The normalized spacial score (nSPS) is 9.41. The van der Waals surface area contributed by atoms with Gasteiger partial charge in [-0.1, -0.05) is 0 Å². The summed E-state index contributed by atoms with van der Waals surface area (Å²) < 4.78 is 12.1. The molecule has 0 atom stereocenters. The monoisotopic (exact) mass is 737 g/mol. The predicted molar refractivity (Wildman–Crippen MR) is 197 cm³/mol. The van der Waals surface area contributed by atoms with Crippen molar-refractivity contribution in [1.82, 2.24) is 16.0 Å². The lowest BCUT2D eigenvalue weighted by Crippen LogP contribution is -2.24. The van der Waals surface area contributed by atoms with Crippen LogP contribution in [0.2, 0.25) is 0 Å². The van der Waals surface area contributed by atoms with Crippen LogP contribution in [-0.4, -0.2) is 104 Å².